The molecule has 0 saturated carbocycles. The molecule has 0 atom stereocenters. The summed E-state index contributed by atoms with van der Waals surface area (Å²) in [6.45, 7) is 0.581. The normalized spacial score (nSPS) is 9.73. The first-order chi connectivity index (χ1) is 7.19. The van der Waals surface area contributed by atoms with E-state index in [1.54, 1.807) is 24.3 Å². The van der Waals surface area contributed by atoms with Crippen molar-refractivity contribution in [3.05, 3.63) is 24.3 Å². The topological polar surface area (TPSA) is 49.8 Å². The van der Waals surface area contributed by atoms with Crippen LogP contribution in [0.15, 0.2) is 24.3 Å². The molecule has 5 heteroatoms. The van der Waals surface area contributed by atoms with Gasteiger partial charge in [-0.25, -0.2) is 4.79 Å². The Morgan fingerprint density at radius 3 is 2.53 bits per heavy atom. The van der Waals surface area contributed by atoms with E-state index in [0.717, 1.165) is 10.1 Å². The van der Waals surface area contributed by atoms with E-state index in [4.69, 9.17) is 5.11 Å². The smallest absolute Gasteiger partial charge is 0.414 e. The highest BCUT2D eigenvalue weighted by molar-refractivity contribution is 14.1. The second-order valence-electron chi connectivity index (χ2n) is 2.83. The maximum atomic E-state index is 11.4. The van der Waals surface area contributed by atoms with Gasteiger partial charge in [-0.15, -0.1) is 0 Å². The number of hydrogen-bond donors (Lipinski definition) is 1. The second kappa shape index (κ2) is 5.79. The molecule has 0 saturated heterocycles. The second-order valence-corrected chi connectivity index (χ2v) is 3.91. The predicted octanol–water partition coefficient (Wildman–Crippen LogP) is 2.40. The van der Waals surface area contributed by atoms with E-state index in [9.17, 15) is 4.79 Å². The number of ether oxygens (including phenoxy) is 1. The lowest BCUT2D eigenvalue weighted by Gasteiger charge is -2.20. The standard InChI is InChI=1S/C10H12INO3/c1-15-10(14)12(7-6-11)8-2-4-9(13)5-3-8/h2-5,13H,6-7H2,1H3. The summed E-state index contributed by atoms with van der Waals surface area (Å²) in [5.74, 6) is 0.179. The molecular formula is C10H12INO3. The monoisotopic (exact) mass is 321 g/mol. The zero-order valence-corrected chi connectivity index (χ0v) is 10.5. The quantitative estimate of drug-likeness (QED) is 0.687. The highest BCUT2D eigenvalue weighted by atomic mass is 127. The minimum Gasteiger partial charge on any atom is -0.508 e. The van der Waals surface area contributed by atoms with Crippen molar-refractivity contribution >= 4 is 34.4 Å². The molecule has 0 unspecified atom stereocenters. The zero-order chi connectivity index (χ0) is 11.3. The van der Waals surface area contributed by atoms with Crippen LogP contribution in [0.2, 0.25) is 0 Å². The van der Waals surface area contributed by atoms with E-state index in [0.29, 0.717) is 6.54 Å². The van der Waals surface area contributed by atoms with Gasteiger partial charge in [-0.05, 0) is 24.3 Å². The van der Waals surface area contributed by atoms with Gasteiger partial charge in [-0.3, -0.25) is 4.90 Å². The summed E-state index contributed by atoms with van der Waals surface area (Å²) in [5, 5.41) is 9.13. The summed E-state index contributed by atoms with van der Waals surface area (Å²) in [7, 11) is 1.35. The highest BCUT2D eigenvalue weighted by Gasteiger charge is 2.14. The molecule has 82 valence electrons. The average Bonchev–Trinajstić information content (AvgIpc) is 2.26. The van der Waals surface area contributed by atoms with Gasteiger partial charge in [-0.2, -0.15) is 0 Å². The predicted molar refractivity (Wildman–Crippen MR) is 66.7 cm³/mol. The van der Waals surface area contributed by atoms with Crippen LogP contribution in [0.5, 0.6) is 5.75 Å². The fourth-order valence-electron chi connectivity index (χ4n) is 1.15. The lowest BCUT2D eigenvalue weighted by molar-refractivity contribution is 0.179. The zero-order valence-electron chi connectivity index (χ0n) is 8.31. The van der Waals surface area contributed by atoms with Crippen molar-refractivity contribution in [2.75, 3.05) is 23.0 Å². The number of carbonyl (C=O) groups excluding carboxylic acids is 1. The maximum absolute atomic E-state index is 11.4. The van der Waals surface area contributed by atoms with Crippen molar-refractivity contribution in [2.45, 2.75) is 0 Å². The summed E-state index contributed by atoms with van der Waals surface area (Å²) >= 11 is 2.19. The Balaban J connectivity index is 2.88. The van der Waals surface area contributed by atoms with Crippen LogP contribution in [-0.4, -0.2) is 29.3 Å². The summed E-state index contributed by atoms with van der Waals surface area (Å²) in [6, 6.07) is 6.44. The average molecular weight is 321 g/mol. The van der Waals surface area contributed by atoms with Gasteiger partial charge in [0.25, 0.3) is 0 Å². The Morgan fingerprint density at radius 2 is 2.07 bits per heavy atom. The fraction of sp³-hybridized carbons (Fsp3) is 0.300. The molecule has 0 aliphatic rings. The Labute approximate surface area is 102 Å². The molecule has 0 aromatic heterocycles. The van der Waals surface area contributed by atoms with Gasteiger partial charge >= 0.3 is 6.09 Å². The van der Waals surface area contributed by atoms with Crippen LogP contribution in [0.3, 0.4) is 0 Å². The first-order valence-corrected chi connectivity index (χ1v) is 5.92. The molecule has 1 aromatic carbocycles. The summed E-state index contributed by atoms with van der Waals surface area (Å²) < 4.78 is 5.48. The number of alkyl halides is 1. The van der Waals surface area contributed by atoms with Gasteiger partial charge in [0.1, 0.15) is 5.75 Å². The van der Waals surface area contributed by atoms with Crippen LogP contribution in [0.1, 0.15) is 0 Å². The lowest BCUT2D eigenvalue weighted by atomic mass is 10.3. The SMILES string of the molecule is COC(=O)N(CCI)c1ccc(O)cc1. The van der Waals surface area contributed by atoms with Crippen molar-refractivity contribution in [1.29, 1.82) is 0 Å². The molecule has 0 aliphatic carbocycles. The lowest BCUT2D eigenvalue weighted by Crippen LogP contribution is -2.32. The number of aromatic hydroxyl groups is 1. The number of benzene rings is 1. The van der Waals surface area contributed by atoms with Crippen molar-refractivity contribution in [1.82, 2.24) is 0 Å². The van der Waals surface area contributed by atoms with Crippen LogP contribution in [0.4, 0.5) is 10.5 Å². The van der Waals surface area contributed by atoms with Gasteiger partial charge in [0.05, 0.1) is 7.11 Å². The molecule has 0 heterocycles. The number of phenolic OH excluding ortho intramolecular Hbond substituents is 1. The van der Waals surface area contributed by atoms with Gasteiger partial charge in [0.2, 0.25) is 0 Å². The molecule has 4 nitrogen and oxygen atoms in total. The molecule has 0 spiro atoms. The number of anilines is 1. The number of amides is 1. The summed E-state index contributed by atoms with van der Waals surface area (Å²) in [6.07, 6.45) is -0.391. The highest BCUT2D eigenvalue weighted by Crippen LogP contribution is 2.19. The maximum Gasteiger partial charge on any atom is 0.414 e. The van der Waals surface area contributed by atoms with Crippen molar-refractivity contribution < 1.29 is 14.6 Å². The first kappa shape index (κ1) is 12.1. The Morgan fingerprint density at radius 1 is 1.47 bits per heavy atom. The van der Waals surface area contributed by atoms with E-state index >= 15 is 0 Å². The molecule has 15 heavy (non-hydrogen) atoms. The fourth-order valence-corrected chi connectivity index (χ4v) is 1.64. The van der Waals surface area contributed by atoms with E-state index in [2.05, 4.69) is 27.3 Å². The van der Waals surface area contributed by atoms with Gasteiger partial charge in [0.15, 0.2) is 0 Å². The molecule has 1 amide bonds. The van der Waals surface area contributed by atoms with Crippen LogP contribution in [0.25, 0.3) is 0 Å². The van der Waals surface area contributed by atoms with Crippen molar-refractivity contribution in [3.8, 4) is 5.75 Å². The molecule has 1 rings (SSSR count). The number of carbonyl (C=O) groups is 1. The third-order valence-corrected chi connectivity index (χ3v) is 2.35. The number of halogens is 1. The summed E-state index contributed by atoms with van der Waals surface area (Å²) in [5.41, 5.74) is 0.719. The molecule has 0 bridgehead atoms. The molecule has 0 fully saturated rings. The van der Waals surface area contributed by atoms with Crippen LogP contribution in [0, 0.1) is 0 Å². The number of rotatable bonds is 3. The van der Waals surface area contributed by atoms with Crippen LogP contribution < -0.4 is 4.90 Å². The molecular weight excluding hydrogens is 309 g/mol. The van der Waals surface area contributed by atoms with E-state index in [1.807, 2.05) is 0 Å². The minimum absolute atomic E-state index is 0.179. The van der Waals surface area contributed by atoms with Crippen LogP contribution >= 0.6 is 22.6 Å². The number of phenols is 1. The Bertz CT molecular complexity index is 326. The first-order valence-electron chi connectivity index (χ1n) is 4.39. The minimum atomic E-state index is -0.391. The largest absolute Gasteiger partial charge is 0.508 e. The molecule has 1 N–H and O–H groups in total. The van der Waals surface area contributed by atoms with Crippen molar-refractivity contribution in [3.63, 3.8) is 0 Å². The Kier molecular flexibility index (Phi) is 4.67. The van der Waals surface area contributed by atoms with E-state index in [1.165, 1.54) is 12.0 Å². The molecule has 1 aromatic rings. The summed E-state index contributed by atoms with van der Waals surface area (Å²) in [4.78, 5) is 12.9. The third kappa shape index (κ3) is 3.26. The van der Waals surface area contributed by atoms with Gasteiger partial charge < -0.3 is 9.84 Å². The number of nitrogens with zero attached hydrogens (tertiary/aromatic N) is 1. The number of hydrogen-bond acceptors (Lipinski definition) is 3. The van der Waals surface area contributed by atoms with E-state index < -0.39 is 6.09 Å². The molecule has 0 radical (unpaired) electrons. The Hall–Kier alpha value is -0.980. The van der Waals surface area contributed by atoms with Crippen LogP contribution in [-0.2, 0) is 4.74 Å². The third-order valence-electron chi connectivity index (χ3n) is 1.86. The van der Waals surface area contributed by atoms with E-state index in [-0.39, 0.29) is 5.75 Å². The van der Waals surface area contributed by atoms with Gasteiger partial charge in [-0.1, -0.05) is 22.6 Å². The van der Waals surface area contributed by atoms with Crippen molar-refractivity contribution in [2.24, 2.45) is 0 Å². The number of methoxy groups -OCH3 is 1. The molecule has 0 aliphatic heterocycles. The van der Waals surface area contributed by atoms with Gasteiger partial charge in [0, 0.05) is 16.7 Å².